The highest BCUT2D eigenvalue weighted by Crippen LogP contribution is 2.34. The lowest BCUT2D eigenvalue weighted by Gasteiger charge is -2.38. The van der Waals surface area contributed by atoms with Crippen LogP contribution in [0.1, 0.15) is 52.7 Å². The first-order chi connectivity index (χ1) is 18.5. The summed E-state index contributed by atoms with van der Waals surface area (Å²) in [4.78, 5) is 18.0. The Morgan fingerprint density at radius 1 is 0.872 bits per heavy atom. The predicted molar refractivity (Wildman–Crippen MR) is 159 cm³/mol. The molecule has 1 amide bonds. The number of piperidine rings is 1. The lowest BCUT2D eigenvalue weighted by atomic mass is 9.95. The number of ether oxygens (including phenoxy) is 3. The van der Waals surface area contributed by atoms with Crippen molar-refractivity contribution < 1.29 is 19.0 Å². The number of carbonyl (C=O) groups is 1. The monoisotopic (exact) mass is 552 g/mol. The standard InChI is InChI=1S/C32H40N2O4.ClH/c1-22-27-10-8-23(19-24(27)9-11-29(22)36-2)12-16-33-15-6-5-7-26(33)14-18-34-17-13-25-20-30(37-3)31(38-4)21-28(25)32(34)35;/h8-11,19-21,26H,5-7,12-18H2,1-4H3;1H. The van der Waals surface area contributed by atoms with Gasteiger partial charge in [-0.3, -0.25) is 9.69 Å². The van der Waals surface area contributed by atoms with Crippen molar-refractivity contribution in [3.8, 4) is 17.2 Å². The Bertz CT molecular complexity index is 1310. The first kappa shape index (κ1) is 29.0. The quantitative estimate of drug-likeness (QED) is 0.322. The number of nitrogens with zero attached hydrogens (tertiary/aromatic N) is 2. The van der Waals surface area contributed by atoms with Gasteiger partial charge in [-0.1, -0.05) is 30.7 Å². The average molecular weight is 553 g/mol. The number of aryl methyl sites for hydroxylation is 1. The number of benzene rings is 3. The second-order valence-corrected chi connectivity index (χ2v) is 10.6. The first-order valence-corrected chi connectivity index (χ1v) is 13.9. The van der Waals surface area contributed by atoms with Gasteiger partial charge >= 0.3 is 0 Å². The number of methoxy groups -OCH3 is 3. The van der Waals surface area contributed by atoms with Gasteiger partial charge < -0.3 is 19.1 Å². The molecule has 1 atom stereocenters. The van der Waals surface area contributed by atoms with Crippen molar-refractivity contribution in [3.05, 3.63) is 64.7 Å². The van der Waals surface area contributed by atoms with E-state index in [0.29, 0.717) is 17.5 Å². The van der Waals surface area contributed by atoms with Crippen molar-refractivity contribution in [1.29, 1.82) is 0 Å². The van der Waals surface area contributed by atoms with E-state index in [-0.39, 0.29) is 18.3 Å². The van der Waals surface area contributed by atoms with Gasteiger partial charge in [-0.25, -0.2) is 0 Å². The number of halogens is 1. The topological polar surface area (TPSA) is 51.2 Å². The minimum absolute atomic E-state index is 0. The SMILES string of the molecule is COc1cc2c(cc1OC)C(=O)N(CCC1CCCCN1CCc1ccc3c(C)c(OC)ccc3c1)CC2.Cl. The molecular formula is C32H41ClN2O4. The Hall–Kier alpha value is -2.96. The van der Waals surface area contributed by atoms with E-state index in [0.717, 1.165) is 62.3 Å². The van der Waals surface area contributed by atoms with Gasteiger partial charge in [0.2, 0.25) is 0 Å². The Labute approximate surface area is 238 Å². The summed E-state index contributed by atoms with van der Waals surface area (Å²) in [6.45, 7) is 5.87. The maximum absolute atomic E-state index is 13.3. The molecular weight excluding hydrogens is 512 g/mol. The summed E-state index contributed by atoms with van der Waals surface area (Å²) in [6, 6.07) is 15.4. The lowest BCUT2D eigenvalue weighted by molar-refractivity contribution is 0.0698. The molecule has 39 heavy (non-hydrogen) atoms. The maximum atomic E-state index is 13.3. The van der Waals surface area contributed by atoms with E-state index < -0.39 is 0 Å². The number of carbonyl (C=O) groups excluding carboxylic acids is 1. The number of likely N-dealkylation sites (tertiary alicyclic amines) is 1. The minimum atomic E-state index is 0. The van der Waals surface area contributed by atoms with Crippen LogP contribution in [0.15, 0.2) is 42.5 Å². The largest absolute Gasteiger partial charge is 0.496 e. The van der Waals surface area contributed by atoms with Crippen LogP contribution in [-0.2, 0) is 12.8 Å². The zero-order valence-corrected chi connectivity index (χ0v) is 24.4. The van der Waals surface area contributed by atoms with Crippen LogP contribution in [0.3, 0.4) is 0 Å². The molecule has 7 heteroatoms. The van der Waals surface area contributed by atoms with Gasteiger partial charge in [-0.05, 0) is 91.2 Å². The van der Waals surface area contributed by atoms with E-state index in [4.69, 9.17) is 14.2 Å². The molecule has 2 aliphatic heterocycles. The molecule has 0 radical (unpaired) electrons. The normalized spacial score (nSPS) is 17.5. The molecule has 2 aliphatic rings. The Balaban J connectivity index is 0.00000353. The molecule has 0 N–H and O–H groups in total. The van der Waals surface area contributed by atoms with E-state index in [1.807, 2.05) is 17.0 Å². The molecule has 0 aliphatic carbocycles. The lowest BCUT2D eigenvalue weighted by Crippen LogP contribution is -2.44. The number of amides is 1. The first-order valence-electron chi connectivity index (χ1n) is 13.9. The molecule has 210 valence electrons. The number of hydrogen-bond donors (Lipinski definition) is 0. The number of rotatable bonds is 9. The van der Waals surface area contributed by atoms with E-state index in [1.54, 1.807) is 21.3 Å². The predicted octanol–water partition coefficient (Wildman–Crippen LogP) is 6.08. The summed E-state index contributed by atoms with van der Waals surface area (Å²) >= 11 is 0. The summed E-state index contributed by atoms with van der Waals surface area (Å²) < 4.78 is 16.4. The Kier molecular flexibility index (Phi) is 9.62. The van der Waals surface area contributed by atoms with Gasteiger partial charge in [0.1, 0.15) is 5.75 Å². The Morgan fingerprint density at radius 3 is 2.41 bits per heavy atom. The van der Waals surface area contributed by atoms with Gasteiger partial charge in [0.05, 0.1) is 21.3 Å². The molecule has 0 spiro atoms. The second kappa shape index (κ2) is 12.9. The smallest absolute Gasteiger partial charge is 0.254 e. The molecule has 1 saturated heterocycles. The third-order valence-electron chi connectivity index (χ3n) is 8.47. The highest BCUT2D eigenvalue weighted by molar-refractivity contribution is 5.97. The number of hydrogen-bond acceptors (Lipinski definition) is 5. The summed E-state index contributed by atoms with van der Waals surface area (Å²) in [5.41, 5.74) is 4.37. The fraction of sp³-hybridized carbons (Fsp3) is 0.469. The molecule has 2 heterocycles. The van der Waals surface area contributed by atoms with Gasteiger partial charge in [0, 0.05) is 31.2 Å². The van der Waals surface area contributed by atoms with Crippen LogP contribution in [0.25, 0.3) is 10.8 Å². The third kappa shape index (κ3) is 6.12. The fourth-order valence-corrected chi connectivity index (χ4v) is 6.22. The summed E-state index contributed by atoms with van der Waals surface area (Å²) in [7, 11) is 4.98. The van der Waals surface area contributed by atoms with Crippen LogP contribution < -0.4 is 14.2 Å². The van der Waals surface area contributed by atoms with Crippen molar-refractivity contribution in [2.45, 2.75) is 51.5 Å². The van der Waals surface area contributed by atoms with Crippen LogP contribution in [0, 0.1) is 6.92 Å². The average Bonchev–Trinajstić information content (AvgIpc) is 2.95. The molecule has 0 bridgehead atoms. The zero-order valence-electron chi connectivity index (χ0n) is 23.6. The summed E-state index contributed by atoms with van der Waals surface area (Å²) in [6.07, 6.45) is 6.64. The van der Waals surface area contributed by atoms with Gasteiger partial charge in [0.25, 0.3) is 5.91 Å². The fourth-order valence-electron chi connectivity index (χ4n) is 6.22. The van der Waals surface area contributed by atoms with Gasteiger partial charge in [-0.15, -0.1) is 12.4 Å². The van der Waals surface area contributed by atoms with Gasteiger partial charge in [-0.2, -0.15) is 0 Å². The highest BCUT2D eigenvalue weighted by atomic mass is 35.5. The Morgan fingerprint density at radius 2 is 1.64 bits per heavy atom. The molecule has 0 aromatic heterocycles. The van der Waals surface area contributed by atoms with Crippen molar-refractivity contribution >= 4 is 29.1 Å². The van der Waals surface area contributed by atoms with Crippen molar-refractivity contribution in [2.24, 2.45) is 0 Å². The van der Waals surface area contributed by atoms with Crippen LogP contribution in [0.4, 0.5) is 0 Å². The molecule has 6 nitrogen and oxygen atoms in total. The van der Waals surface area contributed by atoms with Crippen LogP contribution in [0.5, 0.6) is 17.2 Å². The van der Waals surface area contributed by atoms with E-state index in [1.165, 1.54) is 41.2 Å². The second-order valence-electron chi connectivity index (χ2n) is 10.6. The molecule has 0 saturated carbocycles. The third-order valence-corrected chi connectivity index (χ3v) is 8.47. The molecule has 1 fully saturated rings. The van der Waals surface area contributed by atoms with Gasteiger partial charge in [0.15, 0.2) is 11.5 Å². The van der Waals surface area contributed by atoms with Crippen LogP contribution >= 0.6 is 12.4 Å². The summed E-state index contributed by atoms with van der Waals surface area (Å²) in [5.74, 6) is 2.35. The minimum Gasteiger partial charge on any atom is -0.496 e. The zero-order chi connectivity index (χ0) is 26.6. The van der Waals surface area contributed by atoms with Crippen molar-refractivity contribution in [3.63, 3.8) is 0 Å². The van der Waals surface area contributed by atoms with Crippen molar-refractivity contribution in [1.82, 2.24) is 9.80 Å². The van der Waals surface area contributed by atoms with Crippen molar-refractivity contribution in [2.75, 3.05) is 47.5 Å². The summed E-state index contributed by atoms with van der Waals surface area (Å²) in [5, 5.41) is 2.53. The number of fused-ring (bicyclic) bond motifs is 2. The highest BCUT2D eigenvalue weighted by Gasteiger charge is 2.28. The van der Waals surface area contributed by atoms with Crippen LogP contribution in [-0.4, -0.2) is 69.3 Å². The van der Waals surface area contributed by atoms with E-state index in [2.05, 4.69) is 42.2 Å². The van der Waals surface area contributed by atoms with E-state index >= 15 is 0 Å². The molecule has 3 aromatic rings. The van der Waals surface area contributed by atoms with E-state index in [9.17, 15) is 4.79 Å². The molecule has 3 aromatic carbocycles. The molecule has 5 rings (SSSR count). The molecule has 1 unspecified atom stereocenters. The van der Waals surface area contributed by atoms with Crippen LogP contribution in [0.2, 0.25) is 0 Å². The maximum Gasteiger partial charge on any atom is 0.254 e.